The number of aromatic amines is 1. The molecule has 0 aliphatic rings. The molecule has 0 aliphatic heterocycles. The van der Waals surface area contributed by atoms with E-state index in [0.29, 0.717) is 13.0 Å². The molecule has 0 atom stereocenters. The number of carbonyl (C=O) groups excluding carboxylic acids is 1. The van der Waals surface area contributed by atoms with Crippen molar-refractivity contribution >= 4 is 5.91 Å². The van der Waals surface area contributed by atoms with E-state index < -0.39 is 0 Å². The lowest BCUT2D eigenvalue weighted by Gasteiger charge is -2.03. The van der Waals surface area contributed by atoms with Gasteiger partial charge in [0.1, 0.15) is 5.82 Å². The summed E-state index contributed by atoms with van der Waals surface area (Å²) in [5.41, 5.74) is 1.08. The van der Waals surface area contributed by atoms with Gasteiger partial charge in [0.15, 0.2) is 5.69 Å². The number of hydrogen-bond donors (Lipinski definition) is 2. The molecule has 1 amide bonds. The Morgan fingerprint density at radius 2 is 2.35 bits per heavy atom. The number of nitrogens with one attached hydrogen (secondary N) is 2. The van der Waals surface area contributed by atoms with E-state index in [2.05, 4.69) is 20.7 Å². The predicted octanol–water partition coefficient (Wildman–Crippen LogP) is 0.916. The molecular formula is C11H11FN4O. The number of halogens is 1. The van der Waals surface area contributed by atoms with Crippen LogP contribution >= 0.6 is 0 Å². The van der Waals surface area contributed by atoms with Crippen LogP contribution in [0.2, 0.25) is 0 Å². The molecule has 0 radical (unpaired) electrons. The third kappa shape index (κ3) is 3.10. The van der Waals surface area contributed by atoms with E-state index in [-0.39, 0.29) is 17.4 Å². The fourth-order valence-corrected chi connectivity index (χ4v) is 1.41. The van der Waals surface area contributed by atoms with Crippen LogP contribution in [0.5, 0.6) is 0 Å². The standard InChI is InChI=1S/C11H11FN4O/c12-9-3-1-2-8(6-9)4-5-13-11(17)10-7-14-16-15-10/h1-3,6-7H,4-5H2,(H,13,17)(H,14,15,16). The largest absolute Gasteiger partial charge is 0.350 e. The summed E-state index contributed by atoms with van der Waals surface area (Å²) >= 11 is 0. The third-order valence-electron chi connectivity index (χ3n) is 2.24. The van der Waals surface area contributed by atoms with Crippen LogP contribution in [0.25, 0.3) is 0 Å². The highest BCUT2D eigenvalue weighted by atomic mass is 19.1. The maximum absolute atomic E-state index is 12.9. The van der Waals surface area contributed by atoms with Gasteiger partial charge in [-0.3, -0.25) is 4.79 Å². The van der Waals surface area contributed by atoms with Gasteiger partial charge in [0.05, 0.1) is 6.20 Å². The molecule has 17 heavy (non-hydrogen) atoms. The molecule has 0 spiro atoms. The zero-order valence-electron chi connectivity index (χ0n) is 8.98. The third-order valence-corrected chi connectivity index (χ3v) is 2.24. The van der Waals surface area contributed by atoms with E-state index in [1.54, 1.807) is 6.07 Å². The smallest absolute Gasteiger partial charge is 0.273 e. The highest BCUT2D eigenvalue weighted by Crippen LogP contribution is 2.03. The van der Waals surface area contributed by atoms with Gasteiger partial charge < -0.3 is 5.32 Å². The molecule has 0 bridgehead atoms. The normalized spacial score (nSPS) is 10.2. The van der Waals surface area contributed by atoms with Crippen LogP contribution in [0.15, 0.2) is 30.5 Å². The number of hydrogen-bond acceptors (Lipinski definition) is 3. The molecule has 2 N–H and O–H groups in total. The Balaban J connectivity index is 1.82. The summed E-state index contributed by atoms with van der Waals surface area (Å²) in [6.45, 7) is 0.426. The molecule has 1 aromatic heterocycles. The highest BCUT2D eigenvalue weighted by Gasteiger charge is 2.07. The van der Waals surface area contributed by atoms with E-state index in [1.165, 1.54) is 18.3 Å². The number of nitrogens with zero attached hydrogens (tertiary/aromatic N) is 2. The maximum atomic E-state index is 12.9. The molecule has 0 aliphatic carbocycles. The van der Waals surface area contributed by atoms with E-state index in [9.17, 15) is 9.18 Å². The minimum Gasteiger partial charge on any atom is -0.350 e. The van der Waals surface area contributed by atoms with Gasteiger partial charge in [-0.1, -0.05) is 12.1 Å². The first kappa shape index (κ1) is 11.3. The summed E-state index contributed by atoms with van der Waals surface area (Å²) in [7, 11) is 0. The van der Waals surface area contributed by atoms with Crippen molar-refractivity contribution in [3.63, 3.8) is 0 Å². The first-order valence-electron chi connectivity index (χ1n) is 5.14. The van der Waals surface area contributed by atoms with Crippen molar-refractivity contribution in [3.05, 3.63) is 47.5 Å². The Kier molecular flexibility index (Phi) is 3.44. The van der Waals surface area contributed by atoms with Gasteiger partial charge in [-0.2, -0.15) is 15.4 Å². The molecule has 5 nitrogen and oxygen atoms in total. The lowest BCUT2D eigenvalue weighted by molar-refractivity contribution is 0.0949. The van der Waals surface area contributed by atoms with Crippen LogP contribution in [-0.2, 0) is 6.42 Å². The Bertz CT molecular complexity index is 498. The van der Waals surface area contributed by atoms with Crippen molar-refractivity contribution < 1.29 is 9.18 Å². The van der Waals surface area contributed by atoms with Crippen LogP contribution in [0, 0.1) is 5.82 Å². The summed E-state index contributed by atoms with van der Waals surface area (Å²) in [5, 5.41) is 12.2. The van der Waals surface area contributed by atoms with Gasteiger partial charge in [-0.25, -0.2) is 4.39 Å². The van der Waals surface area contributed by atoms with Crippen molar-refractivity contribution in [1.82, 2.24) is 20.7 Å². The van der Waals surface area contributed by atoms with Crippen LogP contribution in [0.1, 0.15) is 16.1 Å². The number of aromatic nitrogens is 3. The summed E-state index contributed by atoms with van der Waals surface area (Å²) in [6, 6.07) is 6.29. The van der Waals surface area contributed by atoms with Gasteiger partial charge in [0.25, 0.3) is 5.91 Å². The van der Waals surface area contributed by atoms with Crippen molar-refractivity contribution in [1.29, 1.82) is 0 Å². The monoisotopic (exact) mass is 234 g/mol. The first-order valence-corrected chi connectivity index (χ1v) is 5.14. The predicted molar refractivity (Wildman–Crippen MR) is 58.8 cm³/mol. The van der Waals surface area contributed by atoms with Crippen molar-refractivity contribution in [2.24, 2.45) is 0 Å². The fraction of sp³-hybridized carbons (Fsp3) is 0.182. The van der Waals surface area contributed by atoms with E-state index in [4.69, 9.17) is 0 Å². The van der Waals surface area contributed by atoms with E-state index in [0.717, 1.165) is 5.56 Å². The SMILES string of the molecule is O=C(NCCc1cccc(F)c1)c1cn[nH]n1. The summed E-state index contributed by atoms with van der Waals surface area (Å²) < 4.78 is 12.9. The lowest BCUT2D eigenvalue weighted by Crippen LogP contribution is -2.26. The molecule has 88 valence electrons. The number of benzene rings is 1. The number of H-pyrrole nitrogens is 1. The van der Waals surface area contributed by atoms with Gasteiger partial charge in [0.2, 0.25) is 0 Å². The average molecular weight is 234 g/mol. The second kappa shape index (κ2) is 5.20. The van der Waals surface area contributed by atoms with Gasteiger partial charge in [-0.05, 0) is 24.1 Å². The van der Waals surface area contributed by atoms with Crippen molar-refractivity contribution in [2.45, 2.75) is 6.42 Å². The molecule has 0 fully saturated rings. The molecule has 0 saturated heterocycles. The van der Waals surface area contributed by atoms with Crippen molar-refractivity contribution in [3.8, 4) is 0 Å². The molecule has 1 heterocycles. The highest BCUT2D eigenvalue weighted by molar-refractivity contribution is 5.91. The Hall–Kier alpha value is -2.24. The molecule has 0 unspecified atom stereocenters. The summed E-state index contributed by atoms with van der Waals surface area (Å²) in [6.07, 6.45) is 1.92. The Labute approximate surface area is 97.0 Å². The number of rotatable bonds is 4. The molecule has 2 aromatic rings. The topological polar surface area (TPSA) is 70.7 Å². The first-order chi connectivity index (χ1) is 8.25. The zero-order valence-corrected chi connectivity index (χ0v) is 8.98. The van der Waals surface area contributed by atoms with Gasteiger partial charge in [0, 0.05) is 6.54 Å². The van der Waals surface area contributed by atoms with Crippen LogP contribution in [-0.4, -0.2) is 27.9 Å². The maximum Gasteiger partial charge on any atom is 0.273 e. The van der Waals surface area contributed by atoms with Gasteiger partial charge >= 0.3 is 0 Å². The Morgan fingerprint density at radius 1 is 1.47 bits per heavy atom. The minimum absolute atomic E-state index is 0.240. The molecule has 1 aromatic carbocycles. The molecule has 6 heteroatoms. The summed E-state index contributed by atoms with van der Waals surface area (Å²) in [5.74, 6) is -0.569. The zero-order chi connectivity index (χ0) is 12.1. The van der Waals surface area contributed by atoms with Crippen LogP contribution < -0.4 is 5.32 Å². The lowest BCUT2D eigenvalue weighted by atomic mass is 10.1. The quantitative estimate of drug-likeness (QED) is 0.826. The summed E-state index contributed by atoms with van der Waals surface area (Å²) in [4.78, 5) is 11.5. The average Bonchev–Trinajstić information content (AvgIpc) is 2.82. The van der Waals surface area contributed by atoms with Gasteiger partial charge in [-0.15, -0.1) is 0 Å². The fourth-order valence-electron chi connectivity index (χ4n) is 1.41. The van der Waals surface area contributed by atoms with Crippen LogP contribution in [0.3, 0.4) is 0 Å². The van der Waals surface area contributed by atoms with Crippen molar-refractivity contribution in [2.75, 3.05) is 6.54 Å². The second-order valence-corrected chi connectivity index (χ2v) is 3.49. The molecule has 2 rings (SSSR count). The molecular weight excluding hydrogens is 223 g/mol. The molecule has 0 saturated carbocycles. The van der Waals surface area contributed by atoms with E-state index >= 15 is 0 Å². The van der Waals surface area contributed by atoms with Crippen LogP contribution in [0.4, 0.5) is 4.39 Å². The second-order valence-electron chi connectivity index (χ2n) is 3.49. The number of carbonyl (C=O) groups is 1. The minimum atomic E-state index is -0.296. The van der Waals surface area contributed by atoms with E-state index in [1.807, 2.05) is 6.07 Å². The Morgan fingerprint density at radius 3 is 3.06 bits per heavy atom. The number of amides is 1.